The van der Waals surface area contributed by atoms with Crippen LogP contribution < -0.4 is 0 Å². The molecule has 2 heterocycles. The Morgan fingerprint density at radius 2 is 1.75 bits per heavy atom. The van der Waals surface area contributed by atoms with Crippen LogP contribution in [0.15, 0.2) is 60.0 Å². The monoisotopic (exact) mass is 283 g/mol. The number of rotatable bonds is 2. The van der Waals surface area contributed by atoms with E-state index in [0.717, 1.165) is 22.0 Å². The van der Waals surface area contributed by atoms with Crippen LogP contribution >= 0.6 is 12.6 Å². The van der Waals surface area contributed by atoms with Gasteiger partial charge in [0.25, 0.3) is 0 Å². The van der Waals surface area contributed by atoms with Gasteiger partial charge >= 0.3 is 0 Å². The Kier molecular flexibility index (Phi) is 4.25. The van der Waals surface area contributed by atoms with Crippen LogP contribution in [-0.4, -0.2) is 14.5 Å². The van der Waals surface area contributed by atoms with E-state index in [4.69, 9.17) is 0 Å². The molecule has 0 amide bonds. The van der Waals surface area contributed by atoms with Crippen LogP contribution in [0.4, 0.5) is 0 Å². The fourth-order valence-electron chi connectivity index (χ4n) is 1.94. The van der Waals surface area contributed by atoms with E-state index in [1.165, 1.54) is 5.56 Å². The van der Waals surface area contributed by atoms with E-state index in [2.05, 4.69) is 53.8 Å². The van der Waals surface area contributed by atoms with Crippen molar-refractivity contribution in [2.75, 3.05) is 0 Å². The highest BCUT2D eigenvalue weighted by atomic mass is 32.1. The van der Waals surface area contributed by atoms with Crippen LogP contribution in [0.3, 0.4) is 0 Å². The molecule has 0 spiro atoms. The van der Waals surface area contributed by atoms with Crippen LogP contribution in [0.5, 0.6) is 0 Å². The van der Waals surface area contributed by atoms with Gasteiger partial charge in [-0.1, -0.05) is 37.3 Å². The largest absolute Gasteiger partial charge is 0.283 e. The zero-order valence-corrected chi connectivity index (χ0v) is 11.4. The number of nitrogens with zero attached hydrogens (tertiary/aromatic N) is 3. The minimum absolute atomic E-state index is 0. The first-order valence-corrected chi connectivity index (χ1v) is 6.43. The molecule has 0 N–H and O–H groups in total. The minimum atomic E-state index is 0. The van der Waals surface area contributed by atoms with Crippen molar-refractivity contribution in [1.82, 2.24) is 14.5 Å². The molecule has 102 valence electrons. The highest BCUT2D eigenvalue weighted by Crippen LogP contribution is 2.22. The van der Waals surface area contributed by atoms with Gasteiger partial charge in [0.1, 0.15) is 12.1 Å². The number of thiol groups is 1. The molecule has 0 radical (unpaired) electrons. The van der Waals surface area contributed by atoms with Gasteiger partial charge in [-0.25, -0.2) is 9.97 Å². The van der Waals surface area contributed by atoms with E-state index in [1.54, 1.807) is 12.5 Å². The molecule has 3 aromatic rings. The summed E-state index contributed by atoms with van der Waals surface area (Å²) in [5, 5.41) is 0. The maximum atomic E-state index is 4.37. The highest BCUT2D eigenvalue weighted by molar-refractivity contribution is 7.80. The summed E-state index contributed by atoms with van der Waals surface area (Å²) in [6, 6.07) is 12.2. The molecule has 0 aliphatic carbocycles. The number of benzene rings is 1. The average Bonchev–Trinajstić information content (AvgIpc) is 2.90. The lowest BCUT2D eigenvalue weighted by molar-refractivity contribution is 0.988. The van der Waals surface area contributed by atoms with Gasteiger partial charge in [-0.2, -0.15) is 0 Å². The average molecular weight is 283 g/mol. The predicted octanol–water partition coefficient (Wildman–Crippen LogP) is 4.17. The predicted molar refractivity (Wildman–Crippen MR) is 85.5 cm³/mol. The molecular formula is C16H17N3S. The number of imidazole rings is 1. The van der Waals surface area contributed by atoms with Crippen LogP contribution in [-0.2, 0) is 0 Å². The molecule has 0 aliphatic heterocycles. The molecule has 0 saturated carbocycles. The Morgan fingerprint density at radius 1 is 1.00 bits per heavy atom. The van der Waals surface area contributed by atoms with Gasteiger partial charge in [-0.15, -0.1) is 12.6 Å². The van der Waals surface area contributed by atoms with Gasteiger partial charge in [-0.05, 0) is 19.1 Å². The molecule has 3 nitrogen and oxygen atoms in total. The second-order valence-corrected chi connectivity index (χ2v) is 4.91. The normalized spacial score (nSPS) is 10.1. The van der Waals surface area contributed by atoms with Crippen LogP contribution in [0, 0.1) is 6.92 Å². The standard InChI is InChI=1S/C15H13N3S.CH4/c1-11-2-4-12(5-3-11)14-9-16-10-18(14)15-7-6-13(19)8-17-15;/h2-10,19H,1H3;1H4. The van der Waals surface area contributed by atoms with E-state index in [1.807, 2.05) is 22.9 Å². The molecular weight excluding hydrogens is 266 g/mol. The fraction of sp³-hybridized carbons (Fsp3) is 0.125. The van der Waals surface area contributed by atoms with Crippen LogP contribution in [0.1, 0.15) is 13.0 Å². The van der Waals surface area contributed by atoms with Crippen molar-refractivity contribution in [3.8, 4) is 17.1 Å². The molecule has 0 fully saturated rings. The summed E-state index contributed by atoms with van der Waals surface area (Å²) in [6.07, 6.45) is 5.36. The third-order valence-electron chi connectivity index (χ3n) is 2.96. The van der Waals surface area contributed by atoms with E-state index >= 15 is 0 Å². The smallest absolute Gasteiger partial charge is 0.138 e. The number of hydrogen-bond acceptors (Lipinski definition) is 3. The number of aromatic nitrogens is 3. The van der Waals surface area contributed by atoms with Crippen molar-refractivity contribution in [3.05, 3.63) is 60.7 Å². The molecule has 0 unspecified atom stereocenters. The summed E-state index contributed by atoms with van der Waals surface area (Å²) in [7, 11) is 0. The van der Waals surface area contributed by atoms with Gasteiger partial charge in [0, 0.05) is 16.7 Å². The summed E-state index contributed by atoms with van der Waals surface area (Å²) in [5.41, 5.74) is 3.40. The van der Waals surface area contributed by atoms with Crippen LogP contribution in [0.2, 0.25) is 0 Å². The SMILES string of the molecule is C.Cc1ccc(-c2cncn2-c2ccc(S)cn2)cc1. The number of hydrogen-bond donors (Lipinski definition) is 1. The van der Waals surface area contributed by atoms with Crippen molar-refractivity contribution in [2.24, 2.45) is 0 Å². The van der Waals surface area contributed by atoms with Crippen LogP contribution in [0.25, 0.3) is 17.1 Å². The van der Waals surface area contributed by atoms with Gasteiger partial charge in [-0.3, -0.25) is 4.57 Å². The molecule has 0 atom stereocenters. The molecule has 20 heavy (non-hydrogen) atoms. The first-order valence-electron chi connectivity index (χ1n) is 5.99. The summed E-state index contributed by atoms with van der Waals surface area (Å²) >= 11 is 4.25. The Bertz CT molecular complexity index is 625. The molecule has 3 rings (SSSR count). The Balaban J connectivity index is 0.00000147. The van der Waals surface area contributed by atoms with E-state index in [0.29, 0.717) is 0 Å². The fourth-order valence-corrected chi connectivity index (χ4v) is 2.07. The quantitative estimate of drug-likeness (QED) is 0.716. The number of aryl methyl sites for hydroxylation is 1. The Hall–Kier alpha value is -2.07. The number of pyridine rings is 1. The molecule has 0 aliphatic rings. The second kappa shape index (κ2) is 5.92. The lowest BCUT2D eigenvalue weighted by Crippen LogP contribution is -1.97. The highest BCUT2D eigenvalue weighted by Gasteiger charge is 2.07. The van der Waals surface area contributed by atoms with Gasteiger partial charge in [0.2, 0.25) is 0 Å². The molecule has 0 saturated heterocycles. The van der Waals surface area contributed by atoms with Crippen molar-refractivity contribution in [1.29, 1.82) is 0 Å². The molecule has 0 bridgehead atoms. The maximum Gasteiger partial charge on any atom is 0.138 e. The third-order valence-corrected chi connectivity index (χ3v) is 3.23. The van der Waals surface area contributed by atoms with E-state index in [9.17, 15) is 0 Å². The van der Waals surface area contributed by atoms with Crippen molar-refractivity contribution >= 4 is 12.6 Å². The first-order chi connectivity index (χ1) is 9.24. The Labute approximate surface area is 124 Å². The lowest BCUT2D eigenvalue weighted by atomic mass is 10.1. The first kappa shape index (κ1) is 14.3. The summed E-state index contributed by atoms with van der Waals surface area (Å²) in [4.78, 5) is 9.44. The summed E-state index contributed by atoms with van der Waals surface area (Å²) < 4.78 is 1.97. The van der Waals surface area contributed by atoms with Crippen molar-refractivity contribution in [3.63, 3.8) is 0 Å². The van der Waals surface area contributed by atoms with Crippen molar-refractivity contribution < 1.29 is 0 Å². The zero-order valence-electron chi connectivity index (χ0n) is 10.5. The van der Waals surface area contributed by atoms with Gasteiger partial charge < -0.3 is 0 Å². The van der Waals surface area contributed by atoms with Crippen molar-refractivity contribution in [2.45, 2.75) is 19.2 Å². The third kappa shape index (κ3) is 2.75. The topological polar surface area (TPSA) is 30.7 Å². The Morgan fingerprint density at radius 3 is 2.40 bits per heavy atom. The van der Waals surface area contributed by atoms with Gasteiger partial charge in [0.15, 0.2) is 0 Å². The zero-order chi connectivity index (χ0) is 13.2. The summed E-state index contributed by atoms with van der Waals surface area (Å²) in [5.74, 6) is 0.839. The minimum Gasteiger partial charge on any atom is -0.283 e. The molecule has 4 heteroatoms. The van der Waals surface area contributed by atoms with Gasteiger partial charge in [0.05, 0.1) is 11.9 Å². The molecule has 1 aromatic carbocycles. The van der Waals surface area contributed by atoms with E-state index < -0.39 is 0 Å². The lowest BCUT2D eigenvalue weighted by Gasteiger charge is -2.07. The maximum absolute atomic E-state index is 4.37. The summed E-state index contributed by atoms with van der Waals surface area (Å²) in [6.45, 7) is 2.08. The second-order valence-electron chi connectivity index (χ2n) is 4.39. The van der Waals surface area contributed by atoms with E-state index in [-0.39, 0.29) is 7.43 Å². The molecule has 2 aromatic heterocycles.